The van der Waals surface area contributed by atoms with Crippen LogP contribution in [0.1, 0.15) is 57.1 Å². The highest BCUT2D eigenvalue weighted by molar-refractivity contribution is 14.1. The summed E-state index contributed by atoms with van der Waals surface area (Å²) in [5.41, 5.74) is 1.47. The minimum absolute atomic E-state index is 0.529. The average Bonchev–Trinajstić information content (AvgIpc) is 3.05. The fraction of sp³-hybridized carbons (Fsp3) is 0.733. The van der Waals surface area contributed by atoms with Crippen molar-refractivity contribution in [2.75, 3.05) is 13.2 Å². The van der Waals surface area contributed by atoms with E-state index in [2.05, 4.69) is 46.3 Å². The maximum absolute atomic E-state index is 5.71. The minimum atomic E-state index is 0.529. The molecule has 2 heterocycles. The molecule has 1 fully saturated rings. The Labute approximate surface area is 134 Å². The van der Waals surface area contributed by atoms with Crippen LogP contribution in [0.2, 0.25) is 0 Å². The molecular formula is C15H24INOS. The molecule has 2 nitrogen and oxygen atoms in total. The van der Waals surface area contributed by atoms with Gasteiger partial charge in [-0.3, -0.25) is 0 Å². The van der Waals surface area contributed by atoms with Crippen molar-refractivity contribution in [2.24, 2.45) is 0 Å². The lowest BCUT2D eigenvalue weighted by atomic mass is 10.0. The fourth-order valence-corrected chi connectivity index (χ4v) is 4.06. The molecule has 108 valence electrons. The van der Waals surface area contributed by atoms with Gasteiger partial charge >= 0.3 is 0 Å². The zero-order valence-corrected chi connectivity index (χ0v) is 14.6. The first kappa shape index (κ1) is 15.7. The molecule has 2 rings (SSSR count). The lowest BCUT2D eigenvalue weighted by molar-refractivity contribution is 0.101. The summed E-state index contributed by atoms with van der Waals surface area (Å²) < 4.78 is 7.09. The SMILES string of the molecule is CCCNC(CCCC1CCCO1)c1csc(I)c1. The average molecular weight is 393 g/mol. The van der Waals surface area contributed by atoms with Gasteiger partial charge in [0.15, 0.2) is 0 Å². The summed E-state index contributed by atoms with van der Waals surface area (Å²) in [6.07, 6.45) is 7.98. The highest BCUT2D eigenvalue weighted by atomic mass is 127. The van der Waals surface area contributed by atoms with Crippen molar-refractivity contribution in [1.82, 2.24) is 5.32 Å². The van der Waals surface area contributed by atoms with E-state index in [0.29, 0.717) is 12.1 Å². The van der Waals surface area contributed by atoms with Crippen LogP contribution >= 0.6 is 33.9 Å². The molecule has 1 aromatic rings. The van der Waals surface area contributed by atoms with Crippen molar-refractivity contribution < 1.29 is 4.74 Å². The van der Waals surface area contributed by atoms with E-state index >= 15 is 0 Å². The van der Waals surface area contributed by atoms with Crippen molar-refractivity contribution in [3.05, 3.63) is 19.9 Å². The van der Waals surface area contributed by atoms with Gasteiger partial charge in [0.2, 0.25) is 0 Å². The summed E-state index contributed by atoms with van der Waals surface area (Å²) in [5, 5.41) is 5.99. The molecule has 1 aliphatic heterocycles. The Balaban J connectivity index is 1.79. The molecule has 19 heavy (non-hydrogen) atoms. The molecule has 4 heteroatoms. The molecule has 1 N–H and O–H groups in total. The van der Waals surface area contributed by atoms with Gasteiger partial charge in [0, 0.05) is 12.6 Å². The molecular weight excluding hydrogens is 369 g/mol. The summed E-state index contributed by atoms with van der Waals surface area (Å²) >= 11 is 4.26. The number of hydrogen-bond acceptors (Lipinski definition) is 3. The van der Waals surface area contributed by atoms with Gasteiger partial charge in [-0.25, -0.2) is 0 Å². The molecule has 0 radical (unpaired) electrons. The van der Waals surface area contributed by atoms with E-state index < -0.39 is 0 Å². The Hall–Kier alpha value is 0.350. The first-order valence-corrected chi connectivity index (χ1v) is 9.34. The molecule has 2 atom stereocenters. The van der Waals surface area contributed by atoms with Crippen LogP contribution in [0.15, 0.2) is 11.4 Å². The van der Waals surface area contributed by atoms with Gasteiger partial charge < -0.3 is 10.1 Å². The Kier molecular flexibility index (Phi) is 7.12. The van der Waals surface area contributed by atoms with E-state index in [1.54, 1.807) is 0 Å². The van der Waals surface area contributed by atoms with E-state index in [1.807, 2.05) is 11.3 Å². The van der Waals surface area contributed by atoms with E-state index in [9.17, 15) is 0 Å². The van der Waals surface area contributed by atoms with Crippen LogP contribution in [0.4, 0.5) is 0 Å². The second-order valence-electron chi connectivity index (χ2n) is 5.26. The summed E-state index contributed by atoms with van der Waals surface area (Å²) in [4.78, 5) is 0. The normalized spacial score (nSPS) is 20.8. The smallest absolute Gasteiger partial charge is 0.0656 e. The number of nitrogens with one attached hydrogen (secondary N) is 1. The maximum atomic E-state index is 5.71. The van der Waals surface area contributed by atoms with Crippen LogP contribution in [-0.2, 0) is 4.74 Å². The number of rotatable bonds is 8. The van der Waals surface area contributed by atoms with Gasteiger partial charge in [-0.1, -0.05) is 6.92 Å². The van der Waals surface area contributed by atoms with Crippen LogP contribution in [-0.4, -0.2) is 19.3 Å². The molecule has 0 spiro atoms. The zero-order valence-electron chi connectivity index (χ0n) is 11.7. The predicted molar refractivity (Wildman–Crippen MR) is 90.9 cm³/mol. The first-order chi connectivity index (χ1) is 9.29. The molecule has 0 aliphatic carbocycles. The Morgan fingerprint density at radius 1 is 1.58 bits per heavy atom. The number of ether oxygens (including phenoxy) is 1. The lowest BCUT2D eigenvalue weighted by Gasteiger charge is -2.18. The van der Waals surface area contributed by atoms with Crippen LogP contribution in [0.3, 0.4) is 0 Å². The van der Waals surface area contributed by atoms with Crippen molar-refractivity contribution in [3.8, 4) is 0 Å². The van der Waals surface area contributed by atoms with Crippen molar-refractivity contribution in [1.29, 1.82) is 0 Å². The first-order valence-electron chi connectivity index (χ1n) is 7.38. The molecule has 2 unspecified atom stereocenters. The molecule has 0 saturated carbocycles. The van der Waals surface area contributed by atoms with Crippen LogP contribution in [0.5, 0.6) is 0 Å². The Bertz CT molecular complexity index is 363. The van der Waals surface area contributed by atoms with Crippen LogP contribution < -0.4 is 5.32 Å². The predicted octanol–water partition coefficient (Wildman–Crippen LogP) is 4.74. The standard InChI is InChI=1S/C15H24INOS/c1-2-8-17-14(12-10-15(16)19-11-12)7-3-5-13-6-4-9-18-13/h10-11,13-14,17H,2-9H2,1H3. The number of hydrogen-bond donors (Lipinski definition) is 1. The largest absolute Gasteiger partial charge is 0.378 e. The van der Waals surface area contributed by atoms with Gasteiger partial charge in [0.25, 0.3) is 0 Å². The van der Waals surface area contributed by atoms with E-state index in [4.69, 9.17) is 4.74 Å². The summed E-state index contributed by atoms with van der Waals surface area (Å²) in [6, 6.07) is 2.85. The number of halogens is 1. The fourth-order valence-electron chi connectivity index (χ4n) is 2.63. The molecule has 0 bridgehead atoms. The van der Waals surface area contributed by atoms with E-state index in [0.717, 1.165) is 13.2 Å². The van der Waals surface area contributed by atoms with Gasteiger partial charge in [-0.05, 0) is 84.7 Å². The molecule has 0 aromatic carbocycles. The summed E-state index contributed by atoms with van der Waals surface area (Å²) in [6.45, 7) is 4.32. The zero-order chi connectivity index (χ0) is 13.5. The van der Waals surface area contributed by atoms with Crippen molar-refractivity contribution in [3.63, 3.8) is 0 Å². The van der Waals surface area contributed by atoms with Gasteiger partial charge in [-0.2, -0.15) is 0 Å². The van der Waals surface area contributed by atoms with Crippen molar-refractivity contribution in [2.45, 2.75) is 57.6 Å². The van der Waals surface area contributed by atoms with Crippen LogP contribution in [0, 0.1) is 2.88 Å². The topological polar surface area (TPSA) is 21.3 Å². The van der Waals surface area contributed by atoms with Crippen LogP contribution in [0.25, 0.3) is 0 Å². The highest BCUT2D eigenvalue weighted by Gasteiger charge is 2.17. The second kappa shape index (κ2) is 8.60. The molecule has 0 amide bonds. The van der Waals surface area contributed by atoms with Crippen molar-refractivity contribution >= 4 is 33.9 Å². The third-order valence-corrected chi connectivity index (χ3v) is 5.48. The second-order valence-corrected chi connectivity index (χ2v) is 8.06. The molecule has 1 saturated heterocycles. The lowest BCUT2D eigenvalue weighted by Crippen LogP contribution is -2.22. The monoisotopic (exact) mass is 393 g/mol. The summed E-state index contributed by atoms with van der Waals surface area (Å²) in [5.74, 6) is 0. The van der Waals surface area contributed by atoms with Gasteiger partial charge in [0.05, 0.1) is 8.99 Å². The Morgan fingerprint density at radius 3 is 3.11 bits per heavy atom. The quantitative estimate of drug-likeness (QED) is 0.644. The minimum Gasteiger partial charge on any atom is -0.378 e. The Morgan fingerprint density at radius 2 is 2.47 bits per heavy atom. The maximum Gasteiger partial charge on any atom is 0.0656 e. The van der Waals surface area contributed by atoms with E-state index in [-0.39, 0.29) is 0 Å². The highest BCUT2D eigenvalue weighted by Crippen LogP contribution is 2.27. The summed E-state index contributed by atoms with van der Waals surface area (Å²) in [7, 11) is 0. The van der Waals surface area contributed by atoms with Gasteiger partial charge in [-0.15, -0.1) is 11.3 Å². The molecule has 1 aliphatic rings. The molecule has 1 aromatic heterocycles. The third kappa shape index (κ3) is 5.33. The van der Waals surface area contributed by atoms with E-state index in [1.165, 1.54) is 47.0 Å². The van der Waals surface area contributed by atoms with Gasteiger partial charge in [0.1, 0.15) is 0 Å². The third-order valence-electron chi connectivity index (χ3n) is 3.67. The number of thiophene rings is 1.